The molecular formula is C13H15FN4O2. The standard InChI is InChI=1S/C13H15FN4O2/c1-6-4-9(5-7(2)10(6)14)8(3)15-12(19)11-16-13(20)18-17-11/h4-5,8H,1-3H3,(H,15,19)(H2,16,17,18,20). The molecular weight excluding hydrogens is 263 g/mol. The topological polar surface area (TPSA) is 90.6 Å². The average Bonchev–Trinajstić information content (AvgIpc) is 2.82. The van der Waals surface area contributed by atoms with Gasteiger partial charge in [0.1, 0.15) is 5.82 Å². The Hall–Kier alpha value is -2.44. The van der Waals surface area contributed by atoms with Gasteiger partial charge in [-0.05, 0) is 37.5 Å². The molecule has 1 unspecified atom stereocenters. The number of hydrogen-bond acceptors (Lipinski definition) is 3. The third-order valence-corrected chi connectivity index (χ3v) is 3.02. The Morgan fingerprint density at radius 3 is 2.45 bits per heavy atom. The molecule has 0 spiro atoms. The largest absolute Gasteiger partial charge is 0.343 e. The fourth-order valence-electron chi connectivity index (χ4n) is 1.96. The first-order valence-corrected chi connectivity index (χ1v) is 6.10. The summed E-state index contributed by atoms with van der Waals surface area (Å²) in [6.07, 6.45) is 0. The van der Waals surface area contributed by atoms with Crippen LogP contribution in [0.5, 0.6) is 0 Å². The van der Waals surface area contributed by atoms with Gasteiger partial charge in [0.2, 0.25) is 5.82 Å². The number of nitrogens with one attached hydrogen (secondary N) is 3. The molecule has 1 aromatic heterocycles. The maximum atomic E-state index is 13.6. The van der Waals surface area contributed by atoms with Gasteiger partial charge in [-0.2, -0.15) is 0 Å². The van der Waals surface area contributed by atoms with Crippen molar-refractivity contribution in [3.05, 3.63) is 50.9 Å². The molecule has 1 aromatic carbocycles. The summed E-state index contributed by atoms with van der Waals surface area (Å²) in [4.78, 5) is 25.0. The maximum absolute atomic E-state index is 13.6. The van der Waals surface area contributed by atoms with E-state index in [1.807, 2.05) is 0 Å². The van der Waals surface area contributed by atoms with Gasteiger partial charge in [0.15, 0.2) is 0 Å². The predicted octanol–water partition coefficient (Wildman–Crippen LogP) is 1.34. The molecule has 1 heterocycles. The third kappa shape index (κ3) is 2.76. The SMILES string of the molecule is Cc1cc(C(C)NC(=O)c2n[nH]c(=O)[nH]2)cc(C)c1F. The molecule has 0 aliphatic heterocycles. The fourth-order valence-corrected chi connectivity index (χ4v) is 1.96. The summed E-state index contributed by atoms with van der Waals surface area (Å²) in [5.74, 6) is -0.836. The van der Waals surface area contributed by atoms with Gasteiger partial charge in [-0.3, -0.25) is 9.78 Å². The van der Waals surface area contributed by atoms with E-state index in [1.165, 1.54) is 0 Å². The van der Waals surface area contributed by atoms with E-state index in [4.69, 9.17) is 0 Å². The number of carbonyl (C=O) groups excluding carboxylic acids is 1. The van der Waals surface area contributed by atoms with Crippen LogP contribution in [0.2, 0.25) is 0 Å². The first-order chi connectivity index (χ1) is 9.38. The molecule has 0 radical (unpaired) electrons. The van der Waals surface area contributed by atoms with E-state index in [0.29, 0.717) is 11.1 Å². The van der Waals surface area contributed by atoms with Crippen molar-refractivity contribution >= 4 is 5.91 Å². The quantitative estimate of drug-likeness (QED) is 0.791. The number of halogens is 1. The van der Waals surface area contributed by atoms with Crippen molar-refractivity contribution in [2.24, 2.45) is 0 Å². The molecule has 106 valence electrons. The number of aromatic amines is 2. The molecule has 0 saturated carbocycles. The number of benzene rings is 1. The van der Waals surface area contributed by atoms with Crippen molar-refractivity contribution < 1.29 is 9.18 Å². The van der Waals surface area contributed by atoms with E-state index < -0.39 is 11.6 Å². The number of nitrogens with zero attached hydrogens (tertiary/aromatic N) is 1. The average molecular weight is 278 g/mol. The lowest BCUT2D eigenvalue weighted by atomic mass is 10.0. The molecule has 3 N–H and O–H groups in total. The van der Waals surface area contributed by atoms with Crippen LogP contribution in [0.4, 0.5) is 4.39 Å². The summed E-state index contributed by atoms with van der Waals surface area (Å²) in [6.45, 7) is 5.12. The smallest absolute Gasteiger partial charge is 0.341 e. The first-order valence-electron chi connectivity index (χ1n) is 6.10. The molecule has 1 atom stereocenters. The van der Waals surface area contributed by atoms with E-state index in [1.54, 1.807) is 32.9 Å². The second-order valence-electron chi connectivity index (χ2n) is 4.69. The zero-order chi connectivity index (χ0) is 14.9. The van der Waals surface area contributed by atoms with Crippen LogP contribution in [-0.4, -0.2) is 21.1 Å². The van der Waals surface area contributed by atoms with Crippen LogP contribution in [-0.2, 0) is 0 Å². The Morgan fingerprint density at radius 2 is 1.95 bits per heavy atom. The van der Waals surface area contributed by atoms with Crippen molar-refractivity contribution in [1.29, 1.82) is 0 Å². The summed E-state index contributed by atoms with van der Waals surface area (Å²) in [5, 5.41) is 8.35. The van der Waals surface area contributed by atoms with Gasteiger partial charge in [-0.1, -0.05) is 12.1 Å². The summed E-state index contributed by atoms with van der Waals surface area (Å²) >= 11 is 0. The molecule has 20 heavy (non-hydrogen) atoms. The molecule has 0 fully saturated rings. The third-order valence-electron chi connectivity index (χ3n) is 3.02. The second-order valence-corrected chi connectivity index (χ2v) is 4.69. The Balaban J connectivity index is 2.18. The molecule has 0 aliphatic rings. The molecule has 0 bridgehead atoms. The number of amides is 1. The maximum Gasteiger partial charge on any atom is 0.341 e. The van der Waals surface area contributed by atoms with Crippen molar-refractivity contribution in [2.45, 2.75) is 26.8 Å². The number of aryl methyl sites for hydroxylation is 2. The lowest BCUT2D eigenvalue weighted by Crippen LogP contribution is -2.28. The Labute approximate surface area is 114 Å². The number of hydrogen-bond donors (Lipinski definition) is 3. The van der Waals surface area contributed by atoms with Crippen LogP contribution in [0, 0.1) is 19.7 Å². The van der Waals surface area contributed by atoms with E-state index >= 15 is 0 Å². The van der Waals surface area contributed by atoms with Gasteiger partial charge in [0.25, 0.3) is 5.91 Å². The highest BCUT2D eigenvalue weighted by molar-refractivity contribution is 5.90. The van der Waals surface area contributed by atoms with Gasteiger partial charge in [0.05, 0.1) is 6.04 Å². The highest BCUT2D eigenvalue weighted by atomic mass is 19.1. The molecule has 0 saturated heterocycles. The van der Waals surface area contributed by atoms with Gasteiger partial charge >= 0.3 is 5.69 Å². The van der Waals surface area contributed by atoms with Crippen molar-refractivity contribution in [3.8, 4) is 0 Å². The van der Waals surface area contributed by atoms with Crippen LogP contribution >= 0.6 is 0 Å². The van der Waals surface area contributed by atoms with Gasteiger partial charge in [-0.25, -0.2) is 14.3 Å². The van der Waals surface area contributed by atoms with E-state index in [-0.39, 0.29) is 17.7 Å². The van der Waals surface area contributed by atoms with E-state index in [0.717, 1.165) is 5.56 Å². The Bertz CT molecular complexity index is 681. The van der Waals surface area contributed by atoms with Crippen LogP contribution < -0.4 is 11.0 Å². The molecule has 2 rings (SSSR count). The van der Waals surface area contributed by atoms with Gasteiger partial charge in [0, 0.05) is 0 Å². The zero-order valence-corrected chi connectivity index (χ0v) is 11.4. The molecule has 2 aromatic rings. The minimum atomic E-state index is -0.545. The van der Waals surface area contributed by atoms with E-state index in [9.17, 15) is 14.0 Å². The molecule has 7 heteroatoms. The molecule has 1 amide bonds. The minimum Gasteiger partial charge on any atom is -0.343 e. The fraction of sp³-hybridized carbons (Fsp3) is 0.308. The van der Waals surface area contributed by atoms with Crippen molar-refractivity contribution in [3.63, 3.8) is 0 Å². The van der Waals surface area contributed by atoms with Gasteiger partial charge in [-0.15, -0.1) is 5.10 Å². The lowest BCUT2D eigenvalue weighted by molar-refractivity contribution is 0.0929. The second kappa shape index (κ2) is 5.28. The highest BCUT2D eigenvalue weighted by Gasteiger charge is 2.16. The number of carbonyl (C=O) groups is 1. The first kappa shape index (κ1) is 14.0. The zero-order valence-electron chi connectivity index (χ0n) is 11.4. The predicted molar refractivity (Wildman–Crippen MR) is 71.0 cm³/mol. The molecule has 0 aliphatic carbocycles. The van der Waals surface area contributed by atoms with Crippen LogP contribution in [0.3, 0.4) is 0 Å². The number of aromatic nitrogens is 3. The summed E-state index contributed by atoms with van der Waals surface area (Å²) in [6, 6.07) is 3.03. The van der Waals surface area contributed by atoms with E-state index in [2.05, 4.69) is 20.5 Å². The minimum absolute atomic E-state index is 0.0857. The van der Waals surface area contributed by atoms with Gasteiger partial charge < -0.3 is 5.32 Å². The summed E-state index contributed by atoms with van der Waals surface area (Å²) in [7, 11) is 0. The number of rotatable bonds is 3. The highest BCUT2D eigenvalue weighted by Crippen LogP contribution is 2.20. The van der Waals surface area contributed by atoms with Crippen molar-refractivity contribution in [2.75, 3.05) is 0 Å². The van der Waals surface area contributed by atoms with Crippen molar-refractivity contribution in [1.82, 2.24) is 20.5 Å². The Morgan fingerprint density at radius 1 is 1.35 bits per heavy atom. The van der Waals surface area contributed by atoms with Crippen LogP contribution in [0.1, 0.15) is 40.3 Å². The van der Waals surface area contributed by atoms with Crippen LogP contribution in [0.15, 0.2) is 16.9 Å². The Kier molecular flexibility index (Phi) is 3.69. The lowest BCUT2D eigenvalue weighted by Gasteiger charge is -2.15. The normalized spacial score (nSPS) is 12.2. The summed E-state index contributed by atoms with van der Waals surface area (Å²) < 4.78 is 13.6. The summed E-state index contributed by atoms with van der Waals surface area (Å²) in [5.41, 5.74) is 1.28. The number of H-pyrrole nitrogens is 2. The molecule has 6 nitrogen and oxygen atoms in total. The van der Waals surface area contributed by atoms with Crippen LogP contribution in [0.25, 0.3) is 0 Å². The monoisotopic (exact) mass is 278 g/mol.